The van der Waals surface area contributed by atoms with Crippen LogP contribution in [0.4, 0.5) is 0 Å². The Morgan fingerprint density at radius 1 is 0.680 bits per heavy atom. The number of aromatic nitrogens is 2. The van der Waals surface area contributed by atoms with Crippen LogP contribution in [0.2, 0.25) is 0 Å². The summed E-state index contributed by atoms with van der Waals surface area (Å²) in [6.45, 7) is 0. The molecular weight excluding hydrogens is 312 g/mol. The number of phenols is 2. The molecule has 0 spiro atoms. The minimum Gasteiger partial charge on any atom is -0.504 e. The van der Waals surface area contributed by atoms with Gasteiger partial charge in [0, 0.05) is 16.3 Å². The molecule has 4 aromatic carbocycles. The van der Waals surface area contributed by atoms with Crippen LogP contribution in [-0.2, 0) is 0 Å². The molecule has 5 aromatic rings. The first kappa shape index (κ1) is 13.9. The number of nitrogens with zero attached hydrogens (tertiary/aromatic N) is 1. The monoisotopic (exact) mass is 326 g/mol. The van der Waals surface area contributed by atoms with Crippen molar-refractivity contribution in [2.45, 2.75) is 0 Å². The predicted octanol–water partition coefficient (Wildman–Crippen LogP) is 4.95. The van der Waals surface area contributed by atoms with E-state index in [0.29, 0.717) is 5.82 Å². The third kappa shape index (κ3) is 1.97. The number of hydrogen-bond acceptors (Lipinski definition) is 3. The molecule has 1 heterocycles. The lowest BCUT2D eigenvalue weighted by Crippen LogP contribution is -1.81. The molecule has 0 atom stereocenters. The summed E-state index contributed by atoms with van der Waals surface area (Å²) in [6.07, 6.45) is 0. The fraction of sp³-hybridized carbons (Fsp3) is 0. The molecule has 4 heteroatoms. The van der Waals surface area contributed by atoms with Crippen LogP contribution in [0.15, 0.2) is 66.7 Å². The van der Waals surface area contributed by atoms with Crippen LogP contribution in [-0.4, -0.2) is 20.2 Å². The molecule has 0 radical (unpaired) electrons. The number of imidazole rings is 1. The Bertz CT molecular complexity index is 1200. The minimum atomic E-state index is -0.160. The minimum absolute atomic E-state index is 0.143. The lowest BCUT2D eigenvalue weighted by molar-refractivity contribution is 0.404. The Morgan fingerprint density at radius 3 is 2.04 bits per heavy atom. The third-order valence-electron chi connectivity index (χ3n) is 4.62. The summed E-state index contributed by atoms with van der Waals surface area (Å²) in [5, 5.41) is 23.9. The van der Waals surface area contributed by atoms with Gasteiger partial charge >= 0.3 is 0 Å². The van der Waals surface area contributed by atoms with Crippen LogP contribution in [0.3, 0.4) is 0 Å². The molecule has 4 nitrogen and oxygen atoms in total. The van der Waals surface area contributed by atoms with Crippen molar-refractivity contribution in [1.29, 1.82) is 0 Å². The van der Waals surface area contributed by atoms with Crippen molar-refractivity contribution in [3.05, 3.63) is 66.7 Å². The molecule has 3 N–H and O–H groups in total. The number of aromatic amines is 1. The van der Waals surface area contributed by atoms with Crippen molar-refractivity contribution in [2.75, 3.05) is 0 Å². The fourth-order valence-electron chi connectivity index (χ4n) is 3.43. The van der Waals surface area contributed by atoms with E-state index in [0.717, 1.165) is 32.8 Å². The summed E-state index contributed by atoms with van der Waals surface area (Å²) < 4.78 is 0. The van der Waals surface area contributed by atoms with E-state index in [-0.39, 0.29) is 11.5 Å². The van der Waals surface area contributed by atoms with Gasteiger partial charge in [0.05, 0.1) is 11.0 Å². The number of rotatable bonds is 1. The second kappa shape index (κ2) is 4.98. The molecule has 0 unspecified atom stereocenters. The van der Waals surface area contributed by atoms with Crippen molar-refractivity contribution >= 4 is 32.6 Å². The van der Waals surface area contributed by atoms with Gasteiger partial charge in [-0.25, -0.2) is 4.98 Å². The number of nitrogens with one attached hydrogen (secondary N) is 1. The number of hydrogen-bond donors (Lipinski definition) is 3. The summed E-state index contributed by atoms with van der Waals surface area (Å²) in [5.74, 6) is 0.357. The van der Waals surface area contributed by atoms with Crippen LogP contribution in [0.1, 0.15) is 0 Å². The third-order valence-corrected chi connectivity index (χ3v) is 4.62. The zero-order valence-electron chi connectivity index (χ0n) is 13.2. The lowest BCUT2D eigenvalue weighted by Gasteiger charge is -2.05. The van der Waals surface area contributed by atoms with Crippen molar-refractivity contribution in [3.63, 3.8) is 0 Å². The van der Waals surface area contributed by atoms with Gasteiger partial charge in [-0.1, -0.05) is 48.5 Å². The molecule has 0 bridgehead atoms. The van der Waals surface area contributed by atoms with Gasteiger partial charge in [-0.15, -0.1) is 0 Å². The SMILES string of the molecule is Oc1ccc(-c2nc3c4ccccc4c4ccccc4c3[nH]2)cc1O. The van der Waals surface area contributed by atoms with Gasteiger partial charge in [0.15, 0.2) is 11.5 Å². The second-order valence-corrected chi connectivity index (χ2v) is 6.10. The number of H-pyrrole nitrogens is 1. The van der Waals surface area contributed by atoms with Crippen molar-refractivity contribution in [1.82, 2.24) is 9.97 Å². The van der Waals surface area contributed by atoms with Gasteiger partial charge in [0.25, 0.3) is 0 Å². The molecule has 0 aliphatic rings. The molecule has 0 saturated heterocycles. The van der Waals surface area contributed by atoms with Crippen LogP contribution in [0, 0.1) is 0 Å². The molecule has 0 fully saturated rings. The molecule has 0 aliphatic carbocycles. The molecule has 25 heavy (non-hydrogen) atoms. The predicted molar refractivity (Wildman–Crippen MR) is 99.9 cm³/mol. The summed E-state index contributed by atoms with van der Waals surface area (Å²) >= 11 is 0. The van der Waals surface area contributed by atoms with E-state index in [1.165, 1.54) is 17.5 Å². The number of benzene rings is 4. The Morgan fingerprint density at radius 2 is 1.32 bits per heavy atom. The highest BCUT2D eigenvalue weighted by Crippen LogP contribution is 2.36. The zero-order valence-corrected chi connectivity index (χ0v) is 13.2. The van der Waals surface area contributed by atoms with Crippen LogP contribution in [0.5, 0.6) is 11.5 Å². The summed E-state index contributed by atoms with van der Waals surface area (Å²) in [4.78, 5) is 8.17. The van der Waals surface area contributed by atoms with Crippen molar-refractivity contribution in [2.24, 2.45) is 0 Å². The second-order valence-electron chi connectivity index (χ2n) is 6.10. The highest BCUT2D eigenvalue weighted by molar-refractivity contribution is 6.23. The Kier molecular flexibility index (Phi) is 2.76. The normalized spacial score (nSPS) is 11.5. The van der Waals surface area contributed by atoms with Crippen molar-refractivity contribution < 1.29 is 10.2 Å². The van der Waals surface area contributed by atoms with Gasteiger partial charge < -0.3 is 15.2 Å². The van der Waals surface area contributed by atoms with E-state index in [4.69, 9.17) is 4.98 Å². The summed E-state index contributed by atoms with van der Waals surface area (Å²) in [5.41, 5.74) is 2.59. The van der Waals surface area contributed by atoms with E-state index >= 15 is 0 Å². The Hall–Kier alpha value is -3.53. The van der Waals surface area contributed by atoms with Gasteiger partial charge in [-0.3, -0.25) is 0 Å². The maximum absolute atomic E-state index is 9.79. The van der Waals surface area contributed by atoms with Crippen LogP contribution >= 0.6 is 0 Å². The molecule has 5 rings (SSSR count). The van der Waals surface area contributed by atoms with E-state index in [9.17, 15) is 10.2 Å². The first-order valence-corrected chi connectivity index (χ1v) is 8.04. The van der Waals surface area contributed by atoms with Gasteiger partial charge in [-0.05, 0) is 29.0 Å². The average Bonchev–Trinajstić information content (AvgIpc) is 3.10. The van der Waals surface area contributed by atoms with Crippen molar-refractivity contribution in [3.8, 4) is 22.9 Å². The molecule has 1 aromatic heterocycles. The van der Waals surface area contributed by atoms with E-state index in [1.807, 2.05) is 24.3 Å². The first-order valence-electron chi connectivity index (χ1n) is 8.04. The van der Waals surface area contributed by atoms with E-state index in [1.54, 1.807) is 6.07 Å². The molecule has 0 amide bonds. The van der Waals surface area contributed by atoms with Crippen LogP contribution < -0.4 is 0 Å². The summed E-state index contributed by atoms with van der Waals surface area (Å²) in [7, 11) is 0. The molecular formula is C21H14N2O2. The molecule has 120 valence electrons. The van der Waals surface area contributed by atoms with Crippen LogP contribution in [0.25, 0.3) is 44.0 Å². The summed E-state index contributed by atoms with van der Waals surface area (Å²) in [6, 6.07) is 21.2. The fourth-order valence-corrected chi connectivity index (χ4v) is 3.43. The average molecular weight is 326 g/mol. The maximum atomic E-state index is 9.79. The van der Waals surface area contributed by atoms with Gasteiger partial charge in [0.2, 0.25) is 0 Å². The Balaban J connectivity index is 1.92. The maximum Gasteiger partial charge on any atom is 0.158 e. The lowest BCUT2D eigenvalue weighted by atomic mass is 10.0. The Labute approximate surface area is 143 Å². The molecule has 0 aliphatic heterocycles. The standard InChI is InChI=1S/C21H14N2O2/c24-17-10-9-12(11-18(17)25)21-22-19-15-7-3-1-5-13(15)14-6-2-4-8-16(14)20(19)23-21/h1-11,24-25H,(H,22,23). The molecule has 0 saturated carbocycles. The zero-order chi connectivity index (χ0) is 17.0. The highest BCUT2D eigenvalue weighted by Gasteiger charge is 2.14. The van der Waals surface area contributed by atoms with Gasteiger partial charge in [-0.2, -0.15) is 0 Å². The largest absolute Gasteiger partial charge is 0.504 e. The van der Waals surface area contributed by atoms with E-state index in [2.05, 4.69) is 29.2 Å². The van der Waals surface area contributed by atoms with E-state index < -0.39 is 0 Å². The number of aromatic hydroxyl groups is 2. The topological polar surface area (TPSA) is 69.1 Å². The number of fused-ring (bicyclic) bond motifs is 6. The smallest absolute Gasteiger partial charge is 0.158 e. The highest BCUT2D eigenvalue weighted by atomic mass is 16.3. The first-order chi connectivity index (χ1) is 12.2. The van der Waals surface area contributed by atoms with Gasteiger partial charge in [0.1, 0.15) is 5.82 Å². The quantitative estimate of drug-likeness (QED) is 0.302. The number of phenolic OH excluding ortho intramolecular Hbond substituents is 2.